The van der Waals surface area contributed by atoms with E-state index in [0.29, 0.717) is 0 Å². The predicted octanol–water partition coefficient (Wildman–Crippen LogP) is 0.225. The molecular formula is C7H9N. The molecule has 0 aliphatic carbocycles. The van der Waals surface area contributed by atoms with Gasteiger partial charge in [-0.3, -0.25) is 0 Å². The van der Waals surface area contributed by atoms with Crippen LogP contribution in [0.1, 0.15) is 6.92 Å². The van der Waals surface area contributed by atoms with Crippen molar-refractivity contribution in [3.05, 3.63) is 22.8 Å². The second-order valence-electron chi connectivity index (χ2n) is 1.71. The van der Waals surface area contributed by atoms with E-state index in [1.165, 1.54) is 0 Å². The van der Waals surface area contributed by atoms with Crippen molar-refractivity contribution >= 4 is 12.7 Å². The van der Waals surface area contributed by atoms with Crippen molar-refractivity contribution in [2.75, 3.05) is 0 Å². The van der Waals surface area contributed by atoms with Crippen LogP contribution in [0.15, 0.2) is 12.3 Å². The van der Waals surface area contributed by atoms with Gasteiger partial charge in [0, 0.05) is 11.5 Å². The average molecular weight is 107 g/mol. The molecule has 0 bridgehead atoms. The smallest absolute Gasteiger partial charge is 0.0404 e. The molecule has 0 unspecified atom stereocenters. The minimum Gasteiger partial charge on any atom is -0.361 e. The van der Waals surface area contributed by atoms with Gasteiger partial charge in [-0.15, -0.1) is 0 Å². The summed E-state index contributed by atoms with van der Waals surface area (Å²) in [6.07, 6.45) is 3.89. The molecule has 0 atom stereocenters. The molecule has 0 aliphatic rings. The quantitative estimate of drug-likeness (QED) is 0.488. The first-order valence-corrected chi connectivity index (χ1v) is 2.63. The van der Waals surface area contributed by atoms with Gasteiger partial charge in [0.1, 0.15) is 0 Å². The molecule has 1 rings (SSSR count). The molecule has 1 heteroatoms. The molecule has 0 amide bonds. The molecule has 1 aromatic rings. The van der Waals surface area contributed by atoms with Crippen molar-refractivity contribution in [2.24, 2.45) is 0 Å². The fourth-order valence-corrected chi connectivity index (χ4v) is 0.683. The number of hydrogen-bond acceptors (Lipinski definition) is 0. The monoisotopic (exact) mass is 107 g/mol. The van der Waals surface area contributed by atoms with E-state index in [9.17, 15) is 0 Å². The fourth-order valence-electron chi connectivity index (χ4n) is 0.683. The van der Waals surface area contributed by atoms with Gasteiger partial charge in [-0.05, 0) is 18.2 Å². The van der Waals surface area contributed by atoms with Crippen molar-refractivity contribution in [1.29, 1.82) is 0 Å². The van der Waals surface area contributed by atoms with Gasteiger partial charge in [0.2, 0.25) is 0 Å². The highest BCUT2D eigenvalue weighted by molar-refractivity contribution is 5.18. The zero-order chi connectivity index (χ0) is 5.98. The lowest BCUT2D eigenvalue weighted by atomic mass is 10.4. The molecule has 0 spiro atoms. The van der Waals surface area contributed by atoms with Crippen molar-refractivity contribution in [1.82, 2.24) is 4.98 Å². The lowest BCUT2D eigenvalue weighted by Gasteiger charge is -1.69. The highest BCUT2D eigenvalue weighted by Gasteiger charge is 1.75. The Morgan fingerprint density at radius 3 is 2.75 bits per heavy atom. The maximum atomic E-state index is 3.79. The molecular weight excluding hydrogens is 98.1 g/mol. The number of nitrogens with one attached hydrogen (secondary N) is 1. The summed E-state index contributed by atoms with van der Waals surface area (Å²) in [5.74, 6) is 0. The third kappa shape index (κ3) is 0.668. The number of aromatic nitrogens is 1. The molecule has 1 nitrogen and oxygen atoms in total. The van der Waals surface area contributed by atoms with E-state index in [2.05, 4.69) is 11.6 Å². The molecule has 1 aromatic heterocycles. The Morgan fingerprint density at radius 1 is 1.75 bits per heavy atom. The summed E-state index contributed by atoms with van der Waals surface area (Å²) in [4.78, 5) is 3.04. The van der Waals surface area contributed by atoms with Crippen LogP contribution in [0.2, 0.25) is 0 Å². The number of aromatic amines is 1. The van der Waals surface area contributed by atoms with Crippen LogP contribution >= 0.6 is 0 Å². The number of hydrogen-bond donors (Lipinski definition) is 1. The Kier molecular flexibility index (Phi) is 1.20. The van der Waals surface area contributed by atoms with Gasteiger partial charge in [-0.2, -0.15) is 0 Å². The number of rotatable bonds is 0. The van der Waals surface area contributed by atoms with Crippen LogP contribution in [0.25, 0.3) is 12.7 Å². The van der Waals surface area contributed by atoms with E-state index in [4.69, 9.17) is 0 Å². The average Bonchev–Trinajstić information content (AvgIpc) is 2.14. The van der Waals surface area contributed by atoms with Crippen molar-refractivity contribution in [3.8, 4) is 0 Å². The Bertz CT molecular complexity index is 256. The van der Waals surface area contributed by atoms with Crippen LogP contribution < -0.4 is 10.6 Å². The van der Waals surface area contributed by atoms with E-state index in [1.807, 2.05) is 25.3 Å². The summed E-state index contributed by atoms with van der Waals surface area (Å²) < 4.78 is 0. The van der Waals surface area contributed by atoms with Gasteiger partial charge in [0.15, 0.2) is 0 Å². The second kappa shape index (κ2) is 1.86. The molecule has 1 heterocycles. The maximum absolute atomic E-state index is 3.79. The third-order valence-electron chi connectivity index (χ3n) is 1.16. The molecule has 0 radical (unpaired) electrons. The van der Waals surface area contributed by atoms with Crippen LogP contribution in [0.3, 0.4) is 0 Å². The van der Waals surface area contributed by atoms with Crippen LogP contribution in [0, 0.1) is 0 Å². The van der Waals surface area contributed by atoms with Gasteiger partial charge < -0.3 is 4.98 Å². The molecule has 0 saturated heterocycles. The lowest BCUT2D eigenvalue weighted by molar-refractivity contribution is 1.31. The van der Waals surface area contributed by atoms with Gasteiger partial charge in [-0.1, -0.05) is 12.7 Å². The molecule has 8 heavy (non-hydrogen) atoms. The lowest BCUT2D eigenvalue weighted by Crippen LogP contribution is -2.19. The zero-order valence-electron chi connectivity index (χ0n) is 4.94. The Labute approximate surface area is 48.4 Å². The SMILES string of the molecule is C=c1cc[nH]/c1=C/C. The largest absolute Gasteiger partial charge is 0.361 e. The Balaban J connectivity index is 3.55. The molecule has 0 fully saturated rings. The normalized spacial score (nSPS) is 12.4. The highest BCUT2D eigenvalue weighted by atomic mass is 14.6. The Morgan fingerprint density at radius 2 is 2.50 bits per heavy atom. The molecule has 0 aliphatic heterocycles. The second-order valence-corrected chi connectivity index (χ2v) is 1.71. The highest BCUT2D eigenvalue weighted by Crippen LogP contribution is 1.58. The molecule has 0 saturated carbocycles. The maximum Gasteiger partial charge on any atom is 0.0404 e. The predicted molar refractivity (Wildman–Crippen MR) is 35.7 cm³/mol. The summed E-state index contributed by atoms with van der Waals surface area (Å²) >= 11 is 0. The minimum absolute atomic E-state index is 1.06. The standard InChI is InChI=1S/C7H9N/c1-3-7-6(2)4-5-8-7/h3-5,8H,2H2,1H3/b7-3+. The summed E-state index contributed by atoms with van der Waals surface area (Å²) in [5.41, 5.74) is 0. The van der Waals surface area contributed by atoms with E-state index in [0.717, 1.165) is 10.6 Å². The van der Waals surface area contributed by atoms with Crippen molar-refractivity contribution < 1.29 is 0 Å². The van der Waals surface area contributed by atoms with Crippen LogP contribution in [0.5, 0.6) is 0 Å². The van der Waals surface area contributed by atoms with Crippen LogP contribution in [-0.2, 0) is 0 Å². The van der Waals surface area contributed by atoms with E-state index < -0.39 is 0 Å². The summed E-state index contributed by atoms with van der Waals surface area (Å²) in [6, 6.07) is 1.95. The van der Waals surface area contributed by atoms with Crippen LogP contribution in [0.4, 0.5) is 0 Å². The summed E-state index contributed by atoms with van der Waals surface area (Å²) in [5, 5.41) is 2.18. The van der Waals surface area contributed by atoms with Gasteiger partial charge in [0.25, 0.3) is 0 Å². The fraction of sp³-hybridized carbons (Fsp3) is 0.143. The van der Waals surface area contributed by atoms with E-state index >= 15 is 0 Å². The first-order valence-electron chi connectivity index (χ1n) is 2.63. The number of H-pyrrole nitrogens is 1. The van der Waals surface area contributed by atoms with Crippen molar-refractivity contribution in [2.45, 2.75) is 6.92 Å². The topological polar surface area (TPSA) is 15.8 Å². The summed E-state index contributed by atoms with van der Waals surface area (Å²) in [6.45, 7) is 5.78. The molecule has 1 N–H and O–H groups in total. The van der Waals surface area contributed by atoms with E-state index in [-0.39, 0.29) is 0 Å². The van der Waals surface area contributed by atoms with Gasteiger partial charge in [0.05, 0.1) is 0 Å². The first kappa shape index (κ1) is 5.16. The van der Waals surface area contributed by atoms with Crippen molar-refractivity contribution in [3.63, 3.8) is 0 Å². The zero-order valence-corrected chi connectivity index (χ0v) is 4.94. The Hall–Kier alpha value is -0.980. The molecule has 0 aromatic carbocycles. The summed E-state index contributed by atoms with van der Waals surface area (Å²) in [7, 11) is 0. The van der Waals surface area contributed by atoms with Gasteiger partial charge in [-0.25, -0.2) is 0 Å². The van der Waals surface area contributed by atoms with Crippen LogP contribution in [-0.4, -0.2) is 4.98 Å². The minimum atomic E-state index is 1.06. The first-order chi connectivity index (χ1) is 3.84. The van der Waals surface area contributed by atoms with E-state index in [1.54, 1.807) is 0 Å². The van der Waals surface area contributed by atoms with Gasteiger partial charge >= 0.3 is 0 Å². The molecule has 42 valence electrons. The third-order valence-corrected chi connectivity index (χ3v) is 1.16.